The van der Waals surface area contributed by atoms with Crippen LogP contribution in [0.2, 0.25) is 0 Å². The Balaban J connectivity index is 1.22. The second-order valence-electron chi connectivity index (χ2n) is 8.00. The summed E-state index contributed by atoms with van der Waals surface area (Å²) in [6.45, 7) is 4.16. The molecular formula is C21H35N3O3S. The third kappa shape index (κ3) is 7.70. The minimum Gasteiger partial charge on any atom is -0.378 e. The molecule has 0 amide bonds. The van der Waals surface area contributed by atoms with Crippen LogP contribution in [-0.2, 0) is 14.9 Å². The molecule has 0 aromatic heterocycles. The molecule has 1 aromatic carbocycles. The fraction of sp³-hybridized carbons (Fsp3) is 0.714. The molecular weight excluding hydrogens is 374 g/mol. The predicted octanol–water partition coefficient (Wildman–Crippen LogP) is 3.38. The van der Waals surface area contributed by atoms with Crippen molar-refractivity contribution in [1.82, 2.24) is 9.62 Å². The van der Waals surface area contributed by atoms with Crippen LogP contribution in [-0.4, -0.2) is 51.6 Å². The van der Waals surface area contributed by atoms with Gasteiger partial charge in [0.25, 0.3) is 0 Å². The van der Waals surface area contributed by atoms with Gasteiger partial charge in [0.2, 0.25) is 0 Å². The number of hydrogen-bond donors (Lipinski definition) is 2. The Labute approximate surface area is 170 Å². The highest BCUT2D eigenvalue weighted by atomic mass is 32.2. The molecule has 1 saturated carbocycles. The maximum Gasteiger partial charge on any atom is 0.301 e. The van der Waals surface area contributed by atoms with Crippen molar-refractivity contribution in [2.24, 2.45) is 5.92 Å². The summed E-state index contributed by atoms with van der Waals surface area (Å²) in [6.07, 6.45) is 9.35. The number of anilines is 1. The van der Waals surface area contributed by atoms with E-state index in [0.29, 0.717) is 18.8 Å². The molecule has 28 heavy (non-hydrogen) atoms. The maximum absolute atomic E-state index is 12.5. The van der Waals surface area contributed by atoms with Crippen molar-refractivity contribution < 1.29 is 13.2 Å². The molecule has 3 rings (SSSR count). The molecule has 1 aliphatic carbocycles. The van der Waals surface area contributed by atoms with E-state index in [9.17, 15) is 8.42 Å². The molecule has 2 aliphatic rings. The van der Waals surface area contributed by atoms with Crippen LogP contribution < -0.4 is 10.0 Å². The molecule has 7 heteroatoms. The van der Waals surface area contributed by atoms with Crippen molar-refractivity contribution in [3.63, 3.8) is 0 Å². The third-order valence-electron chi connectivity index (χ3n) is 5.49. The molecule has 1 aliphatic heterocycles. The van der Waals surface area contributed by atoms with E-state index < -0.39 is 10.2 Å². The first-order valence-corrected chi connectivity index (χ1v) is 12.2. The van der Waals surface area contributed by atoms with E-state index in [1.165, 1.54) is 43.0 Å². The molecule has 0 unspecified atom stereocenters. The Morgan fingerprint density at radius 1 is 0.964 bits per heavy atom. The summed E-state index contributed by atoms with van der Waals surface area (Å²) in [5.74, 6) is 0.962. The van der Waals surface area contributed by atoms with Gasteiger partial charge >= 0.3 is 10.2 Å². The average molecular weight is 410 g/mol. The number of nitrogens with one attached hydrogen (secondary N) is 2. The fourth-order valence-corrected chi connectivity index (χ4v) is 4.80. The van der Waals surface area contributed by atoms with Crippen molar-refractivity contribution in [2.75, 3.05) is 37.5 Å². The lowest BCUT2D eigenvalue weighted by molar-refractivity contribution is 0.0193. The topological polar surface area (TPSA) is 70.7 Å². The van der Waals surface area contributed by atoms with Crippen LogP contribution in [0.3, 0.4) is 0 Å². The number of ether oxygens (including phenoxy) is 1. The Morgan fingerprint density at radius 2 is 1.68 bits per heavy atom. The smallest absolute Gasteiger partial charge is 0.301 e. The largest absolute Gasteiger partial charge is 0.378 e. The molecule has 0 atom stereocenters. The van der Waals surface area contributed by atoms with Gasteiger partial charge in [0, 0.05) is 25.4 Å². The Morgan fingerprint density at radius 3 is 2.39 bits per heavy atom. The van der Waals surface area contributed by atoms with Crippen LogP contribution in [0.5, 0.6) is 0 Å². The van der Waals surface area contributed by atoms with Gasteiger partial charge in [-0.15, -0.1) is 0 Å². The molecule has 0 spiro atoms. The van der Waals surface area contributed by atoms with Crippen LogP contribution in [0.15, 0.2) is 30.3 Å². The molecule has 1 aromatic rings. The van der Waals surface area contributed by atoms with E-state index in [4.69, 9.17) is 4.74 Å². The van der Waals surface area contributed by atoms with Crippen LogP contribution >= 0.6 is 0 Å². The highest BCUT2D eigenvalue weighted by Crippen LogP contribution is 2.27. The van der Waals surface area contributed by atoms with Gasteiger partial charge in [-0.25, -0.2) is 0 Å². The van der Waals surface area contributed by atoms with Crippen molar-refractivity contribution in [1.29, 1.82) is 0 Å². The number of piperidine rings is 1. The normalized spacial score (nSPS) is 19.0. The number of para-hydroxylation sites is 1. The molecule has 1 saturated heterocycles. The van der Waals surface area contributed by atoms with Gasteiger partial charge in [-0.05, 0) is 69.7 Å². The summed E-state index contributed by atoms with van der Waals surface area (Å²) in [6, 6.07) is 9.03. The monoisotopic (exact) mass is 409 g/mol. The van der Waals surface area contributed by atoms with Gasteiger partial charge in [0.1, 0.15) is 0 Å². The van der Waals surface area contributed by atoms with E-state index in [0.717, 1.165) is 38.3 Å². The first-order valence-electron chi connectivity index (χ1n) is 10.8. The van der Waals surface area contributed by atoms with Crippen LogP contribution in [0.1, 0.15) is 51.4 Å². The predicted molar refractivity (Wildman–Crippen MR) is 114 cm³/mol. The SMILES string of the molecule is O=S(=O)(Nc1ccccc1)N1CCC(OCCCCCCNCC2CC2)CC1. The summed E-state index contributed by atoms with van der Waals surface area (Å²) in [5, 5.41) is 3.53. The van der Waals surface area contributed by atoms with E-state index >= 15 is 0 Å². The van der Waals surface area contributed by atoms with Gasteiger partial charge < -0.3 is 10.1 Å². The van der Waals surface area contributed by atoms with Gasteiger partial charge in [0.05, 0.1) is 6.10 Å². The number of nitrogens with zero attached hydrogens (tertiary/aromatic N) is 1. The number of rotatable bonds is 13. The van der Waals surface area contributed by atoms with E-state index in [-0.39, 0.29) is 6.10 Å². The average Bonchev–Trinajstić information content (AvgIpc) is 3.52. The minimum atomic E-state index is -3.48. The second kappa shape index (κ2) is 11.1. The van der Waals surface area contributed by atoms with Gasteiger partial charge in [-0.3, -0.25) is 4.72 Å². The van der Waals surface area contributed by atoms with Crippen molar-refractivity contribution >= 4 is 15.9 Å². The Hall–Kier alpha value is -1.15. The number of hydrogen-bond acceptors (Lipinski definition) is 4. The first kappa shape index (κ1) is 21.6. The minimum absolute atomic E-state index is 0.184. The van der Waals surface area contributed by atoms with Gasteiger partial charge in [-0.2, -0.15) is 12.7 Å². The molecule has 2 fully saturated rings. The lowest BCUT2D eigenvalue weighted by Crippen LogP contribution is -2.43. The highest BCUT2D eigenvalue weighted by molar-refractivity contribution is 7.90. The van der Waals surface area contributed by atoms with Crippen molar-refractivity contribution in [3.05, 3.63) is 30.3 Å². The fourth-order valence-electron chi connectivity index (χ4n) is 3.54. The second-order valence-corrected chi connectivity index (χ2v) is 9.67. The zero-order valence-corrected chi connectivity index (χ0v) is 17.6. The van der Waals surface area contributed by atoms with Crippen molar-refractivity contribution in [3.8, 4) is 0 Å². The molecule has 1 heterocycles. The van der Waals surface area contributed by atoms with Crippen LogP contribution in [0.4, 0.5) is 5.69 Å². The van der Waals surface area contributed by atoms with E-state index in [1.807, 2.05) is 18.2 Å². The van der Waals surface area contributed by atoms with Crippen LogP contribution in [0, 0.1) is 5.92 Å². The summed E-state index contributed by atoms with van der Waals surface area (Å²) < 4.78 is 35.1. The van der Waals surface area contributed by atoms with E-state index in [2.05, 4.69) is 10.0 Å². The zero-order valence-electron chi connectivity index (χ0n) is 16.8. The van der Waals surface area contributed by atoms with Gasteiger partial charge in [-0.1, -0.05) is 31.0 Å². The number of unbranched alkanes of at least 4 members (excludes halogenated alkanes) is 3. The summed E-state index contributed by atoms with van der Waals surface area (Å²) in [4.78, 5) is 0. The lowest BCUT2D eigenvalue weighted by Gasteiger charge is -2.31. The zero-order chi connectivity index (χ0) is 19.7. The summed E-state index contributed by atoms with van der Waals surface area (Å²) >= 11 is 0. The molecule has 2 N–H and O–H groups in total. The quantitative estimate of drug-likeness (QED) is 0.490. The van der Waals surface area contributed by atoms with Crippen molar-refractivity contribution in [2.45, 2.75) is 57.5 Å². The Bertz CT molecular complexity index is 657. The maximum atomic E-state index is 12.5. The van der Waals surface area contributed by atoms with Crippen LogP contribution in [0.25, 0.3) is 0 Å². The third-order valence-corrected chi connectivity index (χ3v) is 7.03. The van der Waals surface area contributed by atoms with E-state index in [1.54, 1.807) is 12.1 Å². The molecule has 0 radical (unpaired) electrons. The summed E-state index contributed by atoms with van der Waals surface area (Å²) in [7, 11) is -3.48. The van der Waals surface area contributed by atoms with Gasteiger partial charge in [0.15, 0.2) is 0 Å². The summed E-state index contributed by atoms with van der Waals surface area (Å²) in [5.41, 5.74) is 0.601. The molecule has 6 nitrogen and oxygen atoms in total. The number of benzene rings is 1. The molecule has 158 valence electrons. The Kier molecular flexibility index (Phi) is 8.58. The standard InChI is InChI=1S/C21H35N3O3S/c25-28(26,23-20-8-4-3-5-9-20)24-15-12-21(13-16-24)27-17-7-2-1-6-14-22-18-19-10-11-19/h3-5,8-9,19,21-23H,1-2,6-7,10-18H2. The molecule has 0 bridgehead atoms. The lowest BCUT2D eigenvalue weighted by atomic mass is 10.1. The first-order chi connectivity index (χ1) is 13.6. The highest BCUT2D eigenvalue weighted by Gasteiger charge is 2.28.